The minimum absolute atomic E-state index is 0.146. The number of hydrogen-bond acceptors (Lipinski definition) is 8. The second-order valence-corrected chi connectivity index (χ2v) is 10.1. The van der Waals surface area contributed by atoms with Crippen LogP contribution in [0.5, 0.6) is 0 Å². The molecule has 1 aliphatic rings. The van der Waals surface area contributed by atoms with Crippen LogP contribution in [-0.4, -0.2) is 90.2 Å². The Morgan fingerprint density at radius 2 is 1.91 bits per heavy atom. The number of aromatic nitrogens is 2. The van der Waals surface area contributed by atoms with Crippen molar-refractivity contribution >= 4 is 52.4 Å². The third-order valence-corrected chi connectivity index (χ3v) is 6.90. The number of carbonyl (C=O) groups excluding carboxylic acids is 4. The van der Waals surface area contributed by atoms with Gasteiger partial charge in [-0.25, -0.2) is 9.97 Å². The number of rotatable bonds is 7. The highest BCUT2D eigenvalue weighted by Crippen LogP contribution is 2.28. The molecule has 2 aromatic heterocycles. The molecule has 2 unspecified atom stereocenters. The summed E-state index contributed by atoms with van der Waals surface area (Å²) in [6.45, 7) is -0.281. The molecule has 13 heteroatoms. The first kappa shape index (κ1) is 26.5. The minimum Gasteiger partial charge on any atom is -0.347 e. The van der Waals surface area contributed by atoms with E-state index in [1.165, 1.54) is 48.7 Å². The molecule has 1 aliphatic carbocycles. The van der Waals surface area contributed by atoms with Crippen LogP contribution < -0.4 is 16.0 Å². The van der Waals surface area contributed by atoms with Gasteiger partial charge in [-0.1, -0.05) is 11.6 Å². The lowest BCUT2D eigenvalue weighted by Crippen LogP contribution is -2.53. The number of hydrogen-bond donors (Lipinski definition) is 3. The Bertz CT molecular complexity index is 1100. The summed E-state index contributed by atoms with van der Waals surface area (Å²) < 4.78 is 0. The Morgan fingerprint density at radius 3 is 2.54 bits per heavy atom. The topological polar surface area (TPSA) is 137 Å². The normalized spacial score (nSPS) is 15.7. The Morgan fingerprint density at radius 1 is 1.17 bits per heavy atom. The van der Waals surface area contributed by atoms with Gasteiger partial charge >= 0.3 is 11.8 Å². The van der Waals surface area contributed by atoms with Gasteiger partial charge in [0.25, 0.3) is 5.91 Å². The second-order valence-electron chi connectivity index (χ2n) is 8.53. The molecule has 3 N–H and O–H groups in total. The fourth-order valence-corrected chi connectivity index (χ4v) is 4.65. The van der Waals surface area contributed by atoms with Crippen molar-refractivity contribution in [1.29, 1.82) is 0 Å². The molecule has 188 valence electrons. The standard InChI is InChI=1S/C22H28ClN7O4S/c1-29(2)13-6-7-16-14(9-13)27-21(35-16)20(33)26-15(22(34)30(3)4)11-25-18(31)19(32)28-17-8-5-12(23)10-24-17/h5,8,10,13,15H,6-7,9,11H2,1-4H3,(H,25,31)(H,26,33)(H,24,28,32). The van der Waals surface area contributed by atoms with Gasteiger partial charge in [0.2, 0.25) is 5.91 Å². The van der Waals surface area contributed by atoms with Crippen molar-refractivity contribution in [3.8, 4) is 0 Å². The van der Waals surface area contributed by atoms with Gasteiger partial charge in [0.05, 0.1) is 10.7 Å². The molecule has 2 heterocycles. The van der Waals surface area contributed by atoms with Crippen LogP contribution in [0, 0.1) is 0 Å². The van der Waals surface area contributed by atoms with Crippen LogP contribution in [0.4, 0.5) is 5.82 Å². The maximum atomic E-state index is 12.9. The van der Waals surface area contributed by atoms with Crippen molar-refractivity contribution < 1.29 is 19.2 Å². The summed E-state index contributed by atoms with van der Waals surface area (Å²) in [5.41, 5.74) is 0.904. The fourth-order valence-electron chi connectivity index (χ4n) is 3.53. The van der Waals surface area contributed by atoms with E-state index < -0.39 is 29.7 Å². The Labute approximate surface area is 212 Å². The molecule has 2 atom stereocenters. The highest BCUT2D eigenvalue weighted by Gasteiger charge is 2.29. The van der Waals surface area contributed by atoms with Crippen LogP contribution in [0.2, 0.25) is 5.02 Å². The smallest absolute Gasteiger partial charge is 0.314 e. The first-order chi connectivity index (χ1) is 16.5. The zero-order chi connectivity index (χ0) is 25.7. The molecule has 0 spiro atoms. The zero-order valence-corrected chi connectivity index (χ0v) is 21.5. The van der Waals surface area contributed by atoms with Gasteiger partial charge in [-0.05, 0) is 39.1 Å². The highest BCUT2D eigenvalue weighted by atomic mass is 35.5. The van der Waals surface area contributed by atoms with Crippen molar-refractivity contribution in [1.82, 2.24) is 30.4 Å². The van der Waals surface area contributed by atoms with Gasteiger partial charge in [-0.3, -0.25) is 19.2 Å². The first-order valence-corrected chi connectivity index (χ1v) is 12.1. The summed E-state index contributed by atoms with van der Waals surface area (Å²) >= 11 is 7.07. The third-order valence-electron chi connectivity index (χ3n) is 5.52. The van der Waals surface area contributed by atoms with Crippen molar-refractivity contribution in [2.45, 2.75) is 31.3 Å². The van der Waals surface area contributed by atoms with E-state index in [-0.39, 0.29) is 17.4 Å². The van der Waals surface area contributed by atoms with E-state index in [1.54, 1.807) is 0 Å². The average molecular weight is 522 g/mol. The lowest BCUT2D eigenvalue weighted by molar-refractivity contribution is -0.136. The molecule has 0 bridgehead atoms. The number of fused-ring (bicyclic) bond motifs is 1. The quantitative estimate of drug-likeness (QED) is 0.452. The first-order valence-electron chi connectivity index (χ1n) is 10.9. The van der Waals surface area contributed by atoms with E-state index in [0.29, 0.717) is 11.1 Å². The summed E-state index contributed by atoms with van der Waals surface area (Å²) in [7, 11) is 7.11. The molecule has 3 rings (SSSR count). The number of pyridine rings is 1. The molecule has 11 nitrogen and oxygen atoms in total. The van der Waals surface area contributed by atoms with E-state index in [0.717, 1.165) is 29.8 Å². The summed E-state index contributed by atoms with van der Waals surface area (Å²) in [5.74, 6) is -2.74. The van der Waals surface area contributed by atoms with E-state index >= 15 is 0 Å². The number of amides is 4. The van der Waals surface area contributed by atoms with Crippen molar-refractivity contribution in [3.05, 3.63) is 38.9 Å². The van der Waals surface area contributed by atoms with E-state index in [1.807, 2.05) is 14.1 Å². The molecule has 0 aromatic carbocycles. The minimum atomic E-state index is -1.08. The van der Waals surface area contributed by atoms with E-state index in [9.17, 15) is 19.2 Å². The number of anilines is 1. The molecular formula is C22H28ClN7O4S. The van der Waals surface area contributed by atoms with E-state index in [2.05, 4.69) is 30.8 Å². The maximum absolute atomic E-state index is 12.9. The van der Waals surface area contributed by atoms with Crippen LogP contribution in [0.15, 0.2) is 18.3 Å². The molecule has 0 radical (unpaired) electrons. The Hall–Kier alpha value is -3.09. The molecule has 0 aliphatic heterocycles. The number of likely N-dealkylation sites (N-methyl/N-ethyl adjacent to an activating group) is 2. The number of carbonyl (C=O) groups is 4. The van der Waals surface area contributed by atoms with Crippen molar-refractivity contribution in [3.63, 3.8) is 0 Å². The molecule has 0 saturated carbocycles. The summed E-state index contributed by atoms with van der Waals surface area (Å²) in [6.07, 6.45) is 3.93. The van der Waals surface area contributed by atoms with Crippen LogP contribution in [0.3, 0.4) is 0 Å². The molecule has 0 saturated heterocycles. The summed E-state index contributed by atoms with van der Waals surface area (Å²) in [4.78, 5) is 62.9. The predicted octanol–water partition coefficient (Wildman–Crippen LogP) is 0.552. The maximum Gasteiger partial charge on any atom is 0.314 e. The van der Waals surface area contributed by atoms with Gasteiger partial charge in [0, 0.05) is 44.2 Å². The molecule has 2 aromatic rings. The SMILES string of the molecule is CN(C)C(=O)C(CNC(=O)C(=O)Nc1ccc(Cl)cn1)NC(=O)c1nc2c(s1)CCC(N(C)C)C2. The van der Waals surface area contributed by atoms with Gasteiger partial charge < -0.3 is 25.8 Å². The largest absolute Gasteiger partial charge is 0.347 e. The molecule has 4 amide bonds. The average Bonchev–Trinajstić information content (AvgIpc) is 3.25. The van der Waals surface area contributed by atoms with Crippen LogP contribution in [0.25, 0.3) is 0 Å². The van der Waals surface area contributed by atoms with Gasteiger partial charge in [-0.15, -0.1) is 11.3 Å². The Kier molecular flexibility index (Phi) is 8.76. The van der Waals surface area contributed by atoms with Crippen LogP contribution >= 0.6 is 22.9 Å². The van der Waals surface area contributed by atoms with Crippen LogP contribution in [-0.2, 0) is 27.2 Å². The monoisotopic (exact) mass is 521 g/mol. The van der Waals surface area contributed by atoms with E-state index in [4.69, 9.17) is 11.6 Å². The third kappa shape index (κ3) is 6.96. The number of halogens is 1. The van der Waals surface area contributed by atoms with Gasteiger partial charge in [-0.2, -0.15) is 0 Å². The summed E-state index contributed by atoms with van der Waals surface area (Å²) in [6, 6.07) is 2.24. The van der Waals surface area contributed by atoms with Gasteiger partial charge in [0.1, 0.15) is 11.9 Å². The Balaban J connectivity index is 1.62. The second kappa shape index (κ2) is 11.6. The molecule has 0 fully saturated rings. The highest BCUT2D eigenvalue weighted by molar-refractivity contribution is 7.13. The predicted molar refractivity (Wildman–Crippen MR) is 132 cm³/mol. The summed E-state index contributed by atoms with van der Waals surface area (Å²) in [5, 5.41) is 8.01. The lowest BCUT2D eigenvalue weighted by atomic mass is 9.97. The zero-order valence-electron chi connectivity index (χ0n) is 19.9. The fraction of sp³-hybridized carbons (Fsp3) is 0.455. The van der Waals surface area contributed by atoms with Crippen LogP contribution in [0.1, 0.15) is 26.8 Å². The van der Waals surface area contributed by atoms with Crippen molar-refractivity contribution in [2.75, 3.05) is 40.1 Å². The lowest BCUT2D eigenvalue weighted by Gasteiger charge is -2.27. The number of nitrogens with one attached hydrogen (secondary N) is 3. The van der Waals surface area contributed by atoms with Gasteiger partial charge in [0.15, 0.2) is 5.01 Å². The number of aryl methyl sites for hydroxylation is 1. The number of nitrogens with zero attached hydrogens (tertiary/aromatic N) is 4. The molecule has 35 heavy (non-hydrogen) atoms. The number of thiazole rings is 1. The molecular weight excluding hydrogens is 494 g/mol. The van der Waals surface area contributed by atoms with Crippen molar-refractivity contribution in [2.24, 2.45) is 0 Å².